The molecule has 1 saturated carbocycles. The second-order valence-electron chi connectivity index (χ2n) is 7.38. The number of hydrogen-bond donors (Lipinski definition) is 0. The molecule has 1 aliphatic carbocycles. The van der Waals surface area contributed by atoms with Crippen molar-refractivity contribution in [1.82, 2.24) is 0 Å². The van der Waals surface area contributed by atoms with E-state index in [0.29, 0.717) is 22.0 Å². The third kappa shape index (κ3) is 4.91. The van der Waals surface area contributed by atoms with E-state index < -0.39 is 0 Å². The normalized spacial score (nSPS) is 24.3. The van der Waals surface area contributed by atoms with Crippen LogP contribution in [-0.4, -0.2) is 12.6 Å². The predicted molar refractivity (Wildman–Crippen MR) is 116 cm³/mol. The predicted octanol–water partition coefficient (Wildman–Crippen LogP) is 5.65. The van der Waals surface area contributed by atoms with Gasteiger partial charge >= 0.3 is 0 Å². The highest BCUT2D eigenvalue weighted by Crippen LogP contribution is 2.44. The molecule has 136 valence electrons. The standard InChI is InChI=1S/C18H23ClN2.ClH.2H2S/c1-18(2)10-13-5-3-4-6-17(13)21(12-18)15-8-7-14(11-20)16(19)9-15;;;/h7-9,13,17H,3-6,10,12H2,1-2H3;1H;2*1H2/t13-,17+;;;/m1.../s1. The van der Waals surface area contributed by atoms with Crippen molar-refractivity contribution in [3.8, 4) is 6.07 Å². The molecular weight excluding hydrogens is 379 g/mol. The summed E-state index contributed by atoms with van der Waals surface area (Å²) in [5, 5.41) is 9.62. The fraction of sp³-hybridized carbons (Fsp3) is 0.611. The third-order valence-corrected chi connectivity index (χ3v) is 5.40. The molecular formula is C18H28Cl2N2S2. The fourth-order valence-corrected chi connectivity index (χ4v) is 4.46. The lowest BCUT2D eigenvalue weighted by molar-refractivity contribution is 0.145. The zero-order chi connectivity index (χ0) is 15.0. The first-order valence-corrected chi connectivity index (χ1v) is 8.34. The van der Waals surface area contributed by atoms with Crippen molar-refractivity contribution in [1.29, 1.82) is 5.26 Å². The molecule has 0 radical (unpaired) electrons. The van der Waals surface area contributed by atoms with E-state index in [1.165, 1.54) is 37.8 Å². The van der Waals surface area contributed by atoms with Gasteiger partial charge in [0.25, 0.3) is 0 Å². The first kappa shape index (κ1) is 23.8. The molecule has 1 aromatic carbocycles. The topological polar surface area (TPSA) is 27.0 Å². The van der Waals surface area contributed by atoms with Gasteiger partial charge in [-0.15, -0.1) is 12.4 Å². The molecule has 0 aromatic heterocycles. The van der Waals surface area contributed by atoms with Gasteiger partial charge in [-0.2, -0.15) is 32.3 Å². The second kappa shape index (κ2) is 9.48. The molecule has 0 spiro atoms. The van der Waals surface area contributed by atoms with Gasteiger partial charge in [0.2, 0.25) is 0 Å². The summed E-state index contributed by atoms with van der Waals surface area (Å²) < 4.78 is 0. The van der Waals surface area contributed by atoms with Crippen LogP contribution in [0.3, 0.4) is 0 Å². The van der Waals surface area contributed by atoms with E-state index in [9.17, 15) is 0 Å². The molecule has 1 heterocycles. The van der Waals surface area contributed by atoms with E-state index in [-0.39, 0.29) is 39.4 Å². The summed E-state index contributed by atoms with van der Waals surface area (Å²) in [4.78, 5) is 2.56. The van der Waals surface area contributed by atoms with Crippen LogP contribution in [0.15, 0.2) is 18.2 Å². The Bertz CT molecular complexity index is 587. The number of hydrogen-bond acceptors (Lipinski definition) is 2. The third-order valence-electron chi connectivity index (χ3n) is 5.09. The van der Waals surface area contributed by atoms with Crippen LogP contribution in [0.2, 0.25) is 5.02 Å². The number of anilines is 1. The molecule has 1 saturated heterocycles. The van der Waals surface area contributed by atoms with Crippen LogP contribution < -0.4 is 4.90 Å². The summed E-state index contributed by atoms with van der Waals surface area (Å²) in [7, 11) is 0. The number of nitrogens with zero attached hydrogens (tertiary/aromatic N) is 2. The zero-order valence-electron chi connectivity index (χ0n) is 14.3. The lowest BCUT2D eigenvalue weighted by Crippen LogP contribution is -2.53. The molecule has 0 N–H and O–H groups in total. The Morgan fingerprint density at radius 1 is 1.21 bits per heavy atom. The van der Waals surface area contributed by atoms with E-state index in [0.717, 1.165) is 12.5 Å². The van der Waals surface area contributed by atoms with Crippen LogP contribution in [0, 0.1) is 22.7 Å². The highest BCUT2D eigenvalue weighted by molar-refractivity contribution is 7.59. The maximum Gasteiger partial charge on any atom is 0.101 e. The smallest absolute Gasteiger partial charge is 0.101 e. The van der Waals surface area contributed by atoms with Crippen molar-refractivity contribution >= 4 is 56.7 Å². The number of rotatable bonds is 1. The number of fused-ring (bicyclic) bond motifs is 1. The van der Waals surface area contributed by atoms with Gasteiger partial charge in [0.05, 0.1) is 10.6 Å². The van der Waals surface area contributed by atoms with Gasteiger partial charge in [-0.1, -0.05) is 38.3 Å². The van der Waals surface area contributed by atoms with Crippen LogP contribution >= 0.6 is 51.0 Å². The van der Waals surface area contributed by atoms with Gasteiger partial charge in [0.1, 0.15) is 6.07 Å². The lowest BCUT2D eigenvalue weighted by Gasteiger charge is -2.51. The largest absolute Gasteiger partial charge is 0.368 e. The molecule has 2 atom stereocenters. The van der Waals surface area contributed by atoms with E-state index in [2.05, 4.69) is 30.9 Å². The van der Waals surface area contributed by atoms with Crippen molar-refractivity contribution in [3.05, 3.63) is 28.8 Å². The summed E-state index contributed by atoms with van der Waals surface area (Å²) in [5.74, 6) is 0.803. The second-order valence-corrected chi connectivity index (χ2v) is 7.79. The number of nitriles is 1. The average molecular weight is 407 g/mol. The summed E-state index contributed by atoms with van der Waals surface area (Å²) in [6, 6.07) is 8.70. The van der Waals surface area contributed by atoms with E-state index in [1.807, 2.05) is 12.1 Å². The van der Waals surface area contributed by atoms with Gasteiger partial charge in [-0.3, -0.25) is 0 Å². The minimum absolute atomic E-state index is 0. The van der Waals surface area contributed by atoms with Gasteiger partial charge in [-0.05, 0) is 48.8 Å². The van der Waals surface area contributed by atoms with Crippen LogP contribution in [0.25, 0.3) is 0 Å². The molecule has 1 aromatic rings. The summed E-state index contributed by atoms with van der Waals surface area (Å²) in [6.45, 7) is 5.82. The molecule has 2 fully saturated rings. The molecule has 0 amide bonds. The Morgan fingerprint density at radius 2 is 1.88 bits per heavy atom. The summed E-state index contributed by atoms with van der Waals surface area (Å²) in [6.07, 6.45) is 6.69. The highest BCUT2D eigenvalue weighted by atomic mass is 35.5. The van der Waals surface area contributed by atoms with Crippen molar-refractivity contribution < 1.29 is 0 Å². The van der Waals surface area contributed by atoms with E-state index in [1.54, 1.807) is 0 Å². The molecule has 2 aliphatic rings. The summed E-state index contributed by atoms with van der Waals surface area (Å²) >= 11 is 6.25. The Morgan fingerprint density at radius 3 is 2.50 bits per heavy atom. The first-order valence-electron chi connectivity index (χ1n) is 7.96. The van der Waals surface area contributed by atoms with E-state index >= 15 is 0 Å². The molecule has 1 aliphatic heterocycles. The molecule has 2 nitrogen and oxygen atoms in total. The number of halogens is 2. The lowest BCUT2D eigenvalue weighted by atomic mass is 9.69. The molecule has 3 rings (SSSR count). The summed E-state index contributed by atoms with van der Waals surface area (Å²) in [5.41, 5.74) is 2.10. The molecule has 24 heavy (non-hydrogen) atoms. The molecule has 6 heteroatoms. The molecule has 0 bridgehead atoms. The minimum Gasteiger partial charge on any atom is -0.368 e. The fourth-order valence-electron chi connectivity index (χ4n) is 4.25. The average Bonchev–Trinajstić information content (AvgIpc) is 2.45. The van der Waals surface area contributed by atoms with Crippen molar-refractivity contribution in [2.45, 2.75) is 52.0 Å². The van der Waals surface area contributed by atoms with Crippen LogP contribution in [0.1, 0.15) is 51.5 Å². The van der Waals surface area contributed by atoms with Gasteiger partial charge in [0.15, 0.2) is 0 Å². The highest BCUT2D eigenvalue weighted by Gasteiger charge is 2.40. The Balaban J connectivity index is 0.00000176. The Labute approximate surface area is 171 Å². The first-order chi connectivity index (χ1) is 10.00. The monoisotopic (exact) mass is 406 g/mol. The Kier molecular flexibility index (Phi) is 9.39. The maximum absolute atomic E-state index is 9.04. The number of benzene rings is 1. The zero-order valence-corrected chi connectivity index (χ0v) is 17.9. The minimum atomic E-state index is 0. The van der Waals surface area contributed by atoms with Crippen molar-refractivity contribution in [2.24, 2.45) is 11.3 Å². The van der Waals surface area contributed by atoms with E-state index in [4.69, 9.17) is 16.9 Å². The van der Waals surface area contributed by atoms with Crippen LogP contribution in [0.4, 0.5) is 5.69 Å². The Hall–Kier alpha value is -0.210. The SMILES string of the molecule is CC1(C)C[C@H]2CCCC[C@@H]2N(c2ccc(C#N)c(Cl)c2)C1.Cl.S.S. The van der Waals surface area contributed by atoms with Crippen molar-refractivity contribution in [3.63, 3.8) is 0 Å². The van der Waals surface area contributed by atoms with Gasteiger partial charge < -0.3 is 4.90 Å². The van der Waals surface area contributed by atoms with Crippen LogP contribution in [-0.2, 0) is 0 Å². The maximum atomic E-state index is 9.04. The van der Waals surface area contributed by atoms with Gasteiger partial charge in [0, 0.05) is 18.3 Å². The quantitative estimate of drug-likeness (QED) is 0.601. The van der Waals surface area contributed by atoms with Gasteiger partial charge in [-0.25, -0.2) is 0 Å². The van der Waals surface area contributed by atoms with Crippen molar-refractivity contribution in [2.75, 3.05) is 11.4 Å². The van der Waals surface area contributed by atoms with Crippen LogP contribution in [0.5, 0.6) is 0 Å². The molecule has 0 unspecified atom stereocenters. The number of piperidine rings is 1.